The second kappa shape index (κ2) is 6.38. The first-order chi connectivity index (χ1) is 10.1. The molecule has 1 heterocycles. The van der Waals surface area contributed by atoms with Crippen molar-refractivity contribution in [1.29, 1.82) is 0 Å². The lowest BCUT2D eigenvalue weighted by Crippen LogP contribution is -2.48. The number of rotatable bonds is 4. The standard InChI is InChI=1S/C16H21F2NO2/c17-12-8-11(9-13(18)10-12)15(20)4-5-19-6-7-21-16-3-1-2-14(16)19/h8-10,14-16,20H,1-7H2. The topological polar surface area (TPSA) is 32.7 Å². The summed E-state index contributed by atoms with van der Waals surface area (Å²) in [5.74, 6) is -1.29. The van der Waals surface area contributed by atoms with Crippen molar-refractivity contribution in [3.63, 3.8) is 0 Å². The normalized spacial score (nSPS) is 27.6. The van der Waals surface area contributed by atoms with E-state index in [9.17, 15) is 13.9 Å². The van der Waals surface area contributed by atoms with Crippen LogP contribution < -0.4 is 0 Å². The van der Waals surface area contributed by atoms with Crippen molar-refractivity contribution >= 4 is 0 Å². The molecule has 0 bridgehead atoms. The lowest BCUT2D eigenvalue weighted by Gasteiger charge is -2.38. The number of nitrogens with zero attached hydrogens (tertiary/aromatic N) is 1. The zero-order chi connectivity index (χ0) is 14.8. The number of morpholine rings is 1. The number of fused-ring (bicyclic) bond motifs is 1. The number of aliphatic hydroxyl groups is 1. The summed E-state index contributed by atoms with van der Waals surface area (Å²) in [6.07, 6.45) is 3.39. The molecule has 1 saturated heterocycles. The molecule has 21 heavy (non-hydrogen) atoms. The Morgan fingerprint density at radius 2 is 2.00 bits per heavy atom. The summed E-state index contributed by atoms with van der Waals surface area (Å²) in [5, 5.41) is 10.1. The molecule has 1 aromatic rings. The fourth-order valence-electron chi connectivity index (χ4n) is 3.51. The van der Waals surface area contributed by atoms with Crippen LogP contribution in [-0.4, -0.2) is 41.8 Å². The van der Waals surface area contributed by atoms with E-state index in [-0.39, 0.29) is 0 Å². The van der Waals surface area contributed by atoms with Crippen LogP contribution in [0.25, 0.3) is 0 Å². The van der Waals surface area contributed by atoms with E-state index in [1.807, 2.05) is 0 Å². The molecule has 3 atom stereocenters. The van der Waals surface area contributed by atoms with Crippen molar-refractivity contribution in [2.75, 3.05) is 19.7 Å². The van der Waals surface area contributed by atoms with E-state index in [0.29, 0.717) is 24.1 Å². The molecule has 5 heteroatoms. The Balaban J connectivity index is 1.59. The average Bonchev–Trinajstić information content (AvgIpc) is 2.92. The van der Waals surface area contributed by atoms with Crippen LogP contribution in [0.4, 0.5) is 8.78 Å². The maximum Gasteiger partial charge on any atom is 0.126 e. The first kappa shape index (κ1) is 14.9. The minimum absolute atomic E-state index is 0.309. The highest BCUT2D eigenvalue weighted by atomic mass is 19.1. The maximum absolute atomic E-state index is 13.2. The molecule has 2 aliphatic rings. The number of hydrogen-bond donors (Lipinski definition) is 1. The number of aliphatic hydroxyl groups excluding tert-OH is 1. The van der Waals surface area contributed by atoms with E-state index >= 15 is 0 Å². The van der Waals surface area contributed by atoms with E-state index < -0.39 is 17.7 Å². The summed E-state index contributed by atoms with van der Waals surface area (Å²) in [4.78, 5) is 2.35. The van der Waals surface area contributed by atoms with Crippen LogP contribution in [0, 0.1) is 11.6 Å². The van der Waals surface area contributed by atoms with Gasteiger partial charge in [0.2, 0.25) is 0 Å². The van der Waals surface area contributed by atoms with Crippen LogP contribution in [0.3, 0.4) is 0 Å². The summed E-state index contributed by atoms with van der Waals surface area (Å²) in [5.41, 5.74) is 0.309. The van der Waals surface area contributed by atoms with Crippen LogP contribution in [0.1, 0.15) is 37.4 Å². The van der Waals surface area contributed by atoms with Crippen molar-refractivity contribution in [2.24, 2.45) is 0 Å². The van der Waals surface area contributed by atoms with E-state index in [4.69, 9.17) is 4.74 Å². The number of halogens is 2. The molecule has 0 amide bonds. The Morgan fingerprint density at radius 3 is 2.76 bits per heavy atom. The van der Waals surface area contributed by atoms with Crippen LogP contribution in [-0.2, 0) is 4.74 Å². The first-order valence-corrected chi connectivity index (χ1v) is 7.63. The molecule has 1 N–H and O–H groups in total. The second-order valence-electron chi connectivity index (χ2n) is 5.95. The molecule has 0 radical (unpaired) electrons. The Bertz CT molecular complexity index is 477. The van der Waals surface area contributed by atoms with Crippen molar-refractivity contribution in [2.45, 2.75) is 43.9 Å². The Hall–Kier alpha value is -1.04. The highest BCUT2D eigenvalue weighted by molar-refractivity contribution is 5.20. The molecule has 2 fully saturated rings. The number of ether oxygens (including phenoxy) is 1. The van der Waals surface area contributed by atoms with Gasteiger partial charge in [0, 0.05) is 25.2 Å². The summed E-state index contributed by atoms with van der Waals surface area (Å²) in [6, 6.07) is 3.66. The molecule has 0 spiro atoms. The smallest absolute Gasteiger partial charge is 0.126 e. The van der Waals surface area contributed by atoms with Gasteiger partial charge in [-0.2, -0.15) is 0 Å². The van der Waals surface area contributed by atoms with E-state index in [0.717, 1.165) is 38.6 Å². The van der Waals surface area contributed by atoms with Crippen molar-refractivity contribution < 1.29 is 18.6 Å². The quantitative estimate of drug-likeness (QED) is 0.927. The number of benzene rings is 1. The monoisotopic (exact) mass is 297 g/mol. The van der Waals surface area contributed by atoms with Gasteiger partial charge >= 0.3 is 0 Å². The predicted octanol–water partition coefficient (Wildman–Crippen LogP) is 2.64. The third kappa shape index (κ3) is 3.42. The zero-order valence-electron chi connectivity index (χ0n) is 12.0. The summed E-state index contributed by atoms with van der Waals surface area (Å²) >= 11 is 0. The van der Waals surface area contributed by atoms with E-state index in [2.05, 4.69) is 4.90 Å². The molecule has 116 valence electrons. The highest BCUT2D eigenvalue weighted by Gasteiger charge is 2.35. The van der Waals surface area contributed by atoms with Crippen molar-refractivity contribution in [3.05, 3.63) is 35.4 Å². The highest BCUT2D eigenvalue weighted by Crippen LogP contribution is 2.30. The van der Waals surface area contributed by atoms with Gasteiger partial charge in [-0.1, -0.05) is 0 Å². The number of hydrogen-bond acceptors (Lipinski definition) is 3. The maximum atomic E-state index is 13.2. The fraction of sp³-hybridized carbons (Fsp3) is 0.625. The lowest BCUT2D eigenvalue weighted by molar-refractivity contribution is -0.0587. The SMILES string of the molecule is OC(CCN1CCOC2CCCC21)c1cc(F)cc(F)c1. The largest absolute Gasteiger partial charge is 0.388 e. The third-order valence-electron chi connectivity index (χ3n) is 4.56. The molecular formula is C16H21F2NO2. The minimum Gasteiger partial charge on any atom is -0.388 e. The second-order valence-corrected chi connectivity index (χ2v) is 5.95. The Morgan fingerprint density at radius 1 is 1.24 bits per heavy atom. The molecular weight excluding hydrogens is 276 g/mol. The lowest BCUT2D eigenvalue weighted by atomic mass is 10.0. The summed E-state index contributed by atoms with van der Waals surface area (Å²) in [6.45, 7) is 2.32. The van der Waals surface area contributed by atoms with Gasteiger partial charge in [-0.3, -0.25) is 4.90 Å². The molecule has 1 aliphatic carbocycles. The predicted molar refractivity (Wildman–Crippen MR) is 74.9 cm³/mol. The summed E-state index contributed by atoms with van der Waals surface area (Å²) in [7, 11) is 0. The van der Waals surface area contributed by atoms with Crippen LogP contribution in [0.2, 0.25) is 0 Å². The van der Waals surface area contributed by atoms with Gasteiger partial charge in [-0.15, -0.1) is 0 Å². The molecule has 1 saturated carbocycles. The van der Waals surface area contributed by atoms with Crippen molar-refractivity contribution in [1.82, 2.24) is 4.90 Å². The zero-order valence-corrected chi connectivity index (χ0v) is 12.0. The fourth-order valence-corrected chi connectivity index (χ4v) is 3.51. The van der Waals surface area contributed by atoms with Crippen LogP contribution in [0.15, 0.2) is 18.2 Å². The minimum atomic E-state index is -0.835. The molecule has 3 rings (SSSR count). The van der Waals surface area contributed by atoms with Gasteiger partial charge in [0.1, 0.15) is 11.6 Å². The van der Waals surface area contributed by atoms with Gasteiger partial charge in [-0.05, 0) is 43.4 Å². The van der Waals surface area contributed by atoms with Crippen molar-refractivity contribution in [3.8, 4) is 0 Å². The van der Waals surface area contributed by atoms with Gasteiger partial charge < -0.3 is 9.84 Å². The van der Waals surface area contributed by atoms with Crippen LogP contribution >= 0.6 is 0 Å². The molecule has 3 nitrogen and oxygen atoms in total. The Labute approximate surface area is 123 Å². The molecule has 1 aromatic carbocycles. The van der Waals surface area contributed by atoms with Gasteiger partial charge in [0.15, 0.2) is 0 Å². The van der Waals surface area contributed by atoms with E-state index in [1.165, 1.54) is 18.6 Å². The van der Waals surface area contributed by atoms with E-state index in [1.54, 1.807) is 0 Å². The summed E-state index contributed by atoms with van der Waals surface area (Å²) < 4.78 is 32.1. The first-order valence-electron chi connectivity index (χ1n) is 7.63. The molecule has 1 aliphatic heterocycles. The third-order valence-corrected chi connectivity index (χ3v) is 4.56. The van der Waals surface area contributed by atoms with Gasteiger partial charge in [0.25, 0.3) is 0 Å². The van der Waals surface area contributed by atoms with Gasteiger partial charge in [-0.25, -0.2) is 8.78 Å². The Kier molecular flexibility index (Phi) is 4.52. The molecule has 3 unspecified atom stereocenters. The van der Waals surface area contributed by atoms with Crippen LogP contribution in [0.5, 0.6) is 0 Å². The average molecular weight is 297 g/mol. The van der Waals surface area contributed by atoms with Gasteiger partial charge in [0.05, 0.1) is 18.8 Å². The molecule has 0 aromatic heterocycles.